The van der Waals surface area contributed by atoms with Crippen molar-refractivity contribution in [2.75, 3.05) is 13.1 Å². The molecule has 0 unspecified atom stereocenters. The van der Waals surface area contributed by atoms with Crippen LogP contribution < -0.4 is 0 Å². The molecule has 0 aliphatic heterocycles. The largest absolute Gasteiger partial charge is 0.508 e. The van der Waals surface area contributed by atoms with Gasteiger partial charge in [-0.1, -0.05) is 6.07 Å². The summed E-state index contributed by atoms with van der Waals surface area (Å²) >= 11 is 0. The summed E-state index contributed by atoms with van der Waals surface area (Å²) in [5.41, 5.74) is 2.20. The zero-order valence-electron chi connectivity index (χ0n) is 13.3. The molecule has 2 aliphatic rings. The maximum Gasteiger partial charge on any atom is 0.229 e. The number of benzene rings is 1. The minimum atomic E-state index is -0.290. The van der Waals surface area contributed by atoms with Crippen LogP contribution in [-0.2, 0) is 16.6 Å². The van der Waals surface area contributed by atoms with Gasteiger partial charge in [0, 0.05) is 18.5 Å². The van der Waals surface area contributed by atoms with Gasteiger partial charge in [-0.15, -0.1) is 0 Å². The summed E-state index contributed by atoms with van der Waals surface area (Å²) < 4.78 is 0. The second-order valence-electron chi connectivity index (χ2n) is 6.76. The molecular weight excluding hydrogens is 262 g/mol. The molecule has 0 aromatic heterocycles. The van der Waals surface area contributed by atoms with E-state index in [2.05, 4.69) is 6.92 Å². The fourth-order valence-corrected chi connectivity index (χ4v) is 4.40. The predicted octanol–water partition coefficient (Wildman–Crippen LogP) is 3.24. The van der Waals surface area contributed by atoms with Crippen molar-refractivity contribution in [1.29, 1.82) is 0 Å². The number of aryl methyl sites for hydroxylation is 1. The molecule has 1 fully saturated rings. The molecule has 1 aromatic rings. The van der Waals surface area contributed by atoms with E-state index in [1.165, 1.54) is 11.1 Å². The highest BCUT2D eigenvalue weighted by atomic mass is 16.3. The zero-order valence-corrected chi connectivity index (χ0v) is 13.3. The zero-order chi connectivity index (χ0) is 15.3. The fourth-order valence-electron chi connectivity index (χ4n) is 4.40. The molecule has 0 saturated heterocycles. The average molecular weight is 287 g/mol. The molecule has 3 nitrogen and oxygen atoms in total. The lowest BCUT2D eigenvalue weighted by molar-refractivity contribution is -0.136. The second kappa shape index (κ2) is 4.75. The van der Waals surface area contributed by atoms with Crippen molar-refractivity contribution in [3.8, 4) is 5.75 Å². The van der Waals surface area contributed by atoms with Gasteiger partial charge >= 0.3 is 0 Å². The Bertz CT molecular complexity index is 579. The van der Waals surface area contributed by atoms with Crippen molar-refractivity contribution in [2.24, 2.45) is 5.41 Å². The maximum atomic E-state index is 12.9. The van der Waals surface area contributed by atoms with Crippen LogP contribution in [0, 0.1) is 5.41 Å². The van der Waals surface area contributed by atoms with Crippen molar-refractivity contribution in [3.05, 3.63) is 29.3 Å². The number of rotatable bonds is 3. The van der Waals surface area contributed by atoms with E-state index in [9.17, 15) is 9.90 Å². The van der Waals surface area contributed by atoms with Crippen LogP contribution in [0.1, 0.15) is 51.2 Å². The number of nitrogens with zero attached hydrogens (tertiary/aromatic N) is 1. The number of hydrogen-bond acceptors (Lipinski definition) is 2. The monoisotopic (exact) mass is 287 g/mol. The SMILES string of the molecule is CCN(CC)C(=O)[C@@]1(C)C[C@]12CCCc1ccc(O)cc12. The summed E-state index contributed by atoms with van der Waals surface area (Å²) in [5, 5.41) is 9.86. The van der Waals surface area contributed by atoms with Crippen LogP contribution in [0.3, 0.4) is 0 Å². The van der Waals surface area contributed by atoms with Crippen LogP contribution in [0.5, 0.6) is 5.75 Å². The highest BCUT2D eigenvalue weighted by Gasteiger charge is 2.70. The van der Waals surface area contributed by atoms with Gasteiger partial charge in [0.2, 0.25) is 5.91 Å². The van der Waals surface area contributed by atoms with E-state index in [-0.39, 0.29) is 16.7 Å². The molecule has 0 radical (unpaired) electrons. The number of phenolic OH excluding ortho intramolecular Hbond substituents is 1. The molecule has 1 N–H and O–H groups in total. The van der Waals surface area contributed by atoms with E-state index in [1.807, 2.05) is 30.9 Å². The number of carbonyl (C=O) groups excluding carboxylic acids is 1. The smallest absolute Gasteiger partial charge is 0.229 e. The van der Waals surface area contributed by atoms with E-state index >= 15 is 0 Å². The van der Waals surface area contributed by atoms with Crippen molar-refractivity contribution < 1.29 is 9.90 Å². The first-order chi connectivity index (χ1) is 9.98. The molecule has 1 amide bonds. The normalized spacial score (nSPS) is 30.0. The first-order valence-corrected chi connectivity index (χ1v) is 8.10. The van der Waals surface area contributed by atoms with Crippen molar-refractivity contribution in [1.82, 2.24) is 4.90 Å². The van der Waals surface area contributed by atoms with Crippen LogP contribution in [-0.4, -0.2) is 29.0 Å². The van der Waals surface area contributed by atoms with Gasteiger partial charge < -0.3 is 10.0 Å². The summed E-state index contributed by atoms with van der Waals surface area (Å²) in [6, 6.07) is 5.70. The van der Waals surface area contributed by atoms with Gasteiger partial charge in [-0.2, -0.15) is 0 Å². The Balaban J connectivity index is 1.99. The third-order valence-electron chi connectivity index (χ3n) is 5.77. The summed E-state index contributed by atoms with van der Waals surface area (Å²) in [5.74, 6) is 0.600. The Kier molecular flexibility index (Phi) is 3.27. The fraction of sp³-hybridized carbons (Fsp3) is 0.611. The van der Waals surface area contributed by atoms with Gasteiger partial charge in [0.25, 0.3) is 0 Å². The highest BCUT2D eigenvalue weighted by molar-refractivity contribution is 5.89. The molecule has 2 aliphatic carbocycles. The maximum absolute atomic E-state index is 12.9. The topological polar surface area (TPSA) is 40.5 Å². The Morgan fingerprint density at radius 2 is 2.05 bits per heavy atom. The van der Waals surface area contributed by atoms with Gasteiger partial charge in [0.15, 0.2) is 0 Å². The van der Waals surface area contributed by atoms with Crippen LogP contribution in [0.15, 0.2) is 18.2 Å². The molecule has 1 saturated carbocycles. The van der Waals surface area contributed by atoms with Crippen LogP contribution in [0.25, 0.3) is 0 Å². The summed E-state index contributed by atoms with van der Waals surface area (Å²) in [7, 11) is 0. The third-order valence-corrected chi connectivity index (χ3v) is 5.77. The Morgan fingerprint density at radius 3 is 2.71 bits per heavy atom. The van der Waals surface area contributed by atoms with Crippen LogP contribution in [0.4, 0.5) is 0 Å². The van der Waals surface area contributed by atoms with E-state index in [1.54, 1.807) is 6.07 Å². The highest BCUT2D eigenvalue weighted by Crippen LogP contribution is 2.69. The number of hydrogen-bond donors (Lipinski definition) is 1. The number of phenols is 1. The molecule has 0 heterocycles. The van der Waals surface area contributed by atoms with Gasteiger partial charge in [0.05, 0.1) is 5.41 Å². The molecule has 3 heteroatoms. The van der Waals surface area contributed by atoms with E-state index in [0.29, 0.717) is 5.75 Å². The number of fused-ring (bicyclic) bond motifs is 2. The molecule has 1 aromatic carbocycles. The lowest BCUT2D eigenvalue weighted by Gasteiger charge is -2.32. The molecule has 2 atom stereocenters. The molecule has 21 heavy (non-hydrogen) atoms. The van der Waals surface area contributed by atoms with Crippen molar-refractivity contribution in [3.63, 3.8) is 0 Å². The van der Waals surface area contributed by atoms with Crippen molar-refractivity contribution in [2.45, 2.75) is 51.9 Å². The average Bonchev–Trinajstić information content (AvgIpc) is 3.08. The van der Waals surface area contributed by atoms with Gasteiger partial charge in [-0.3, -0.25) is 4.79 Å². The summed E-state index contributed by atoms with van der Waals surface area (Å²) in [6.45, 7) is 7.75. The lowest BCUT2D eigenvalue weighted by Crippen LogP contribution is -2.40. The first-order valence-electron chi connectivity index (χ1n) is 8.10. The molecule has 3 rings (SSSR count). The molecular formula is C18H25NO2. The van der Waals surface area contributed by atoms with Gasteiger partial charge in [-0.25, -0.2) is 0 Å². The Hall–Kier alpha value is -1.51. The lowest BCUT2D eigenvalue weighted by atomic mass is 9.75. The van der Waals surface area contributed by atoms with Gasteiger partial charge in [0.1, 0.15) is 5.75 Å². The molecule has 0 bridgehead atoms. The summed E-state index contributed by atoms with van der Waals surface area (Å²) in [6.07, 6.45) is 4.19. The Morgan fingerprint density at radius 1 is 1.33 bits per heavy atom. The van der Waals surface area contributed by atoms with E-state index in [4.69, 9.17) is 0 Å². The predicted molar refractivity (Wildman–Crippen MR) is 83.4 cm³/mol. The Labute approximate surface area is 127 Å². The minimum Gasteiger partial charge on any atom is -0.508 e. The van der Waals surface area contributed by atoms with Crippen molar-refractivity contribution >= 4 is 5.91 Å². The minimum absolute atomic E-state index is 0.0427. The molecule has 1 spiro atoms. The van der Waals surface area contributed by atoms with Gasteiger partial charge in [-0.05, 0) is 69.7 Å². The molecule has 114 valence electrons. The van der Waals surface area contributed by atoms with Crippen LogP contribution >= 0.6 is 0 Å². The second-order valence-corrected chi connectivity index (χ2v) is 6.76. The quantitative estimate of drug-likeness (QED) is 0.927. The number of amides is 1. The first kappa shape index (κ1) is 14.4. The number of aromatic hydroxyl groups is 1. The number of carbonyl (C=O) groups is 1. The standard InChI is InChI=1S/C18H25NO2/c1-4-19(5-2)16(21)17(3)12-18(17)10-6-7-13-8-9-14(20)11-15(13)18/h8-9,11,20H,4-7,10,12H2,1-3H3/t17-,18+/m1/s1. The third kappa shape index (κ3) is 1.90. The van der Waals surface area contributed by atoms with Crippen LogP contribution in [0.2, 0.25) is 0 Å². The van der Waals surface area contributed by atoms with E-state index in [0.717, 1.165) is 38.8 Å². The van der Waals surface area contributed by atoms with E-state index < -0.39 is 0 Å². The summed E-state index contributed by atoms with van der Waals surface area (Å²) in [4.78, 5) is 14.9.